The number of ether oxygens (including phenoxy) is 1. The van der Waals surface area contributed by atoms with Crippen molar-refractivity contribution in [3.63, 3.8) is 0 Å². The van der Waals surface area contributed by atoms with Crippen molar-refractivity contribution in [1.29, 1.82) is 0 Å². The molecule has 0 atom stereocenters. The molecule has 0 unspecified atom stereocenters. The predicted molar refractivity (Wildman–Crippen MR) is 108 cm³/mol. The first-order valence-electron chi connectivity index (χ1n) is 9.26. The van der Waals surface area contributed by atoms with E-state index in [0.717, 1.165) is 45.5 Å². The van der Waals surface area contributed by atoms with Crippen LogP contribution in [-0.4, -0.2) is 22.2 Å². The summed E-state index contributed by atoms with van der Waals surface area (Å²) in [5, 5.41) is 9.54. The summed E-state index contributed by atoms with van der Waals surface area (Å²) in [7, 11) is 0. The fourth-order valence-electron chi connectivity index (χ4n) is 3.61. The van der Waals surface area contributed by atoms with Gasteiger partial charge in [0.1, 0.15) is 5.75 Å². The maximum atomic E-state index is 10.9. The van der Waals surface area contributed by atoms with Crippen LogP contribution in [0, 0.1) is 0 Å². The SMILES string of the molecule is Nc1nc2ccc(-c3cc(CCC(=O)O)ccc3OC3CCCC3)cc2s1. The summed E-state index contributed by atoms with van der Waals surface area (Å²) < 4.78 is 7.34. The quantitative estimate of drug-likeness (QED) is 0.634. The molecule has 0 radical (unpaired) electrons. The van der Waals surface area contributed by atoms with Crippen LogP contribution in [0.25, 0.3) is 21.3 Å². The van der Waals surface area contributed by atoms with Gasteiger partial charge in [0.15, 0.2) is 5.13 Å². The highest BCUT2D eigenvalue weighted by Gasteiger charge is 2.19. The van der Waals surface area contributed by atoms with Crippen molar-refractivity contribution >= 4 is 32.7 Å². The molecule has 1 heterocycles. The number of thiazole rings is 1. The highest BCUT2D eigenvalue weighted by Crippen LogP contribution is 2.37. The van der Waals surface area contributed by atoms with Gasteiger partial charge >= 0.3 is 5.97 Å². The van der Waals surface area contributed by atoms with E-state index in [2.05, 4.69) is 17.1 Å². The number of carbonyl (C=O) groups is 1. The molecule has 0 amide bonds. The number of fused-ring (bicyclic) bond motifs is 1. The summed E-state index contributed by atoms with van der Waals surface area (Å²) >= 11 is 1.47. The van der Waals surface area contributed by atoms with Crippen LogP contribution in [-0.2, 0) is 11.2 Å². The fraction of sp³-hybridized carbons (Fsp3) is 0.333. The third-order valence-corrected chi connectivity index (χ3v) is 5.83. The van der Waals surface area contributed by atoms with E-state index in [9.17, 15) is 4.79 Å². The zero-order valence-electron chi connectivity index (χ0n) is 15.0. The topological polar surface area (TPSA) is 85.4 Å². The van der Waals surface area contributed by atoms with Crippen LogP contribution < -0.4 is 10.5 Å². The van der Waals surface area contributed by atoms with Gasteiger partial charge in [-0.25, -0.2) is 4.98 Å². The zero-order chi connectivity index (χ0) is 18.8. The van der Waals surface area contributed by atoms with Crippen molar-refractivity contribution < 1.29 is 14.6 Å². The van der Waals surface area contributed by atoms with Gasteiger partial charge in [-0.3, -0.25) is 4.79 Å². The Labute approximate surface area is 161 Å². The molecule has 0 saturated heterocycles. The molecule has 1 aliphatic rings. The highest BCUT2D eigenvalue weighted by molar-refractivity contribution is 7.22. The number of benzene rings is 2. The zero-order valence-corrected chi connectivity index (χ0v) is 15.8. The average Bonchev–Trinajstić information content (AvgIpc) is 3.28. The van der Waals surface area contributed by atoms with Crippen LogP contribution in [0.1, 0.15) is 37.7 Å². The van der Waals surface area contributed by atoms with E-state index in [0.29, 0.717) is 11.6 Å². The van der Waals surface area contributed by atoms with Gasteiger partial charge in [0.2, 0.25) is 0 Å². The van der Waals surface area contributed by atoms with Crippen molar-refractivity contribution in [3.8, 4) is 16.9 Å². The van der Waals surface area contributed by atoms with Gasteiger partial charge in [0.25, 0.3) is 0 Å². The number of nitrogens with zero attached hydrogens (tertiary/aromatic N) is 1. The number of carboxylic acids is 1. The minimum absolute atomic E-state index is 0.118. The van der Waals surface area contributed by atoms with E-state index in [1.165, 1.54) is 24.2 Å². The van der Waals surface area contributed by atoms with Crippen LogP contribution in [0.2, 0.25) is 0 Å². The third kappa shape index (κ3) is 4.06. The number of carboxylic acid groups (broad SMARTS) is 1. The second kappa shape index (κ2) is 7.56. The summed E-state index contributed by atoms with van der Waals surface area (Å²) in [6.45, 7) is 0. The van der Waals surface area contributed by atoms with Crippen molar-refractivity contribution in [3.05, 3.63) is 42.0 Å². The first kappa shape index (κ1) is 17.8. The van der Waals surface area contributed by atoms with Gasteiger partial charge in [0, 0.05) is 12.0 Å². The average molecular weight is 382 g/mol. The van der Waals surface area contributed by atoms with Crippen LogP contribution >= 0.6 is 11.3 Å². The Hall–Kier alpha value is -2.60. The molecule has 27 heavy (non-hydrogen) atoms. The Bertz CT molecular complexity index is 977. The van der Waals surface area contributed by atoms with E-state index in [1.54, 1.807) is 0 Å². The summed E-state index contributed by atoms with van der Waals surface area (Å²) in [6.07, 6.45) is 5.48. The molecule has 0 bridgehead atoms. The lowest BCUT2D eigenvalue weighted by Gasteiger charge is -2.18. The summed E-state index contributed by atoms with van der Waals surface area (Å²) in [6, 6.07) is 12.1. The summed E-state index contributed by atoms with van der Waals surface area (Å²) in [4.78, 5) is 15.3. The van der Waals surface area contributed by atoms with Gasteiger partial charge in [-0.1, -0.05) is 23.5 Å². The van der Waals surface area contributed by atoms with E-state index in [-0.39, 0.29) is 12.5 Å². The molecular weight excluding hydrogens is 360 g/mol. The molecule has 140 valence electrons. The normalized spacial score (nSPS) is 14.7. The number of hydrogen-bond acceptors (Lipinski definition) is 5. The Morgan fingerprint density at radius 3 is 2.81 bits per heavy atom. The molecule has 2 aromatic carbocycles. The molecule has 3 N–H and O–H groups in total. The maximum absolute atomic E-state index is 10.9. The second-order valence-corrected chi connectivity index (χ2v) is 8.05. The monoisotopic (exact) mass is 382 g/mol. The van der Waals surface area contributed by atoms with Crippen LogP contribution in [0.5, 0.6) is 5.75 Å². The minimum Gasteiger partial charge on any atom is -0.490 e. The van der Waals surface area contributed by atoms with Crippen molar-refractivity contribution in [2.75, 3.05) is 5.73 Å². The van der Waals surface area contributed by atoms with Gasteiger partial charge < -0.3 is 15.6 Å². The predicted octanol–water partition coefficient (Wildman–Crippen LogP) is 4.88. The van der Waals surface area contributed by atoms with Crippen LogP contribution in [0.3, 0.4) is 0 Å². The smallest absolute Gasteiger partial charge is 0.303 e. The molecule has 1 aliphatic carbocycles. The van der Waals surface area contributed by atoms with E-state index in [1.807, 2.05) is 24.3 Å². The van der Waals surface area contributed by atoms with Gasteiger partial charge in [-0.2, -0.15) is 0 Å². The Morgan fingerprint density at radius 2 is 2.04 bits per heavy atom. The largest absolute Gasteiger partial charge is 0.490 e. The van der Waals surface area contributed by atoms with E-state index >= 15 is 0 Å². The first-order valence-corrected chi connectivity index (χ1v) is 10.1. The molecule has 1 aromatic heterocycles. The number of aliphatic carboxylic acids is 1. The number of hydrogen-bond donors (Lipinski definition) is 2. The lowest BCUT2D eigenvalue weighted by Crippen LogP contribution is -2.11. The Morgan fingerprint density at radius 1 is 1.22 bits per heavy atom. The summed E-state index contributed by atoms with van der Waals surface area (Å²) in [5.41, 5.74) is 9.76. The molecule has 6 heteroatoms. The molecule has 0 aliphatic heterocycles. The number of nitrogen functional groups attached to an aromatic ring is 1. The second-order valence-electron chi connectivity index (χ2n) is 6.98. The van der Waals surface area contributed by atoms with Crippen LogP contribution in [0.4, 0.5) is 5.13 Å². The Kier molecular flexibility index (Phi) is 4.99. The summed E-state index contributed by atoms with van der Waals surface area (Å²) in [5.74, 6) is 0.0715. The number of aromatic nitrogens is 1. The van der Waals surface area contributed by atoms with Crippen molar-refractivity contribution in [2.24, 2.45) is 0 Å². The number of nitrogens with two attached hydrogens (primary N) is 1. The molecule has 1 saturated carbocycles. The minimum atomic E-state index is -0.788. The lowest BCUT2D eigenvalue weighted by molar-refractivity contribution is -0.136. The Balaban J connectivity index is 1.72. The van der Waals surface area contributed by atoms with E-state index in [4.69, 9.17) is 15.6 Å². The molecule has 3 aromatic rings. The van der Waals surface area contributed by atoms with E-state index < -0.39 is 5.97 Å². The highest BCUT2D eigenvalue weighted by atomic mass is 32.1. The number of aryl methyl sites for hydroxylation is 1. The molecule has 1 fully saturated rings. The maximum Gasteiger partial charge on any atom is 0.303 e. The lowest BCUT2D eigenvalue weighted by atomic mass is 9.99. The standard InChI is InChI=1S/C21H22N2O3S/c22-21-23-17-8-7-14(12-19(17)27-21)16-11-13(6-10-20(24)25)5-9-18(16)26-15-3-1-2-4-15/h5,7-9,11-12,15H,1-4,6,10H2,(H2,22,23)(H,24,25). The van der Waals surface area contributed by atoms with Crippen LogP contribution in [0.15, 0.2) is 36.4 Å². The molecular formula is C21H22N2O3S. The molecule has 0 spiro atoms. The van der Waals surface area contributed by atoms with Crippen molar-refractivity contribution in [1.82, 2.24) is 4.98 Å². The fourth-order valence-corrected chi connectivity index (χ4v) is 4.38. The van der Waals surface area contributed by atoms with Gasteiger partial charge in [-0.15, -0.1) is 0 Å². The third-order valence-electron chi connectivity index (χ3n) is 4.98. The first-order chi connectivity index (χ1) is 13.1. The molecule has 5 nitrogen and oxygen atoms in total. The van der Waals surface area contributed by atoms with Crippen molar-refractivity contribution in [2.45, 2.75) is 44.6 Å². The molecule has 4 rings (SSSR count). The number of rotatable bonds is 6. The number of anilines is 1. The van der Waals surface area contributed by atoms with Gasteiger partial charge in [-0.05, 0) is 67.5 Å². The van der Waals surface area contributed by atoms with Gasteiger partial charge in [0.05, 0.1) is 16.3 Å².